The van der Waals surface area contributed by atoms with Gasteiger partial charge in [-0.2, -0.15) is 13.2 Å². The molecule has 5 heteroatoms. The number of thiophene rings is 1. The van der Waals surface area contributed by atoms with Crippen LogP contribution in [0.2, 0.25) is 0 Å². The Balaban J connectivity index is 2.02. The van der Waals surface area contributed by atoms with Gasteiger partial charge < -0.3 is 5.32 Å². The van der Waals surface area contributed by atoms with Crippen LogP contribution >= 0.6 is 11.3 Å². The Bertz CT molecular complexity index is 419. The standard InChI is InChI=1S/C15H22F3NS/c1-3-19-14(12-8-10(2)20-9-12)11-4-6-13(7-5-11)15(16,17)18/h8-9,11,13-14,19H,3-7H2,1-2H3. The first-order chi connectivity index (χ1) is 9.41. The van der Waals surface area contributed by atoms with E-state index in [1.807, 2.05) is 6.92 Å². The van der Waals surface area contributed by atoms with Crippen LogP contribution in [0.25, 0.3) is 0 Å². The Morgan fingerprint density at radius 1 is 1.30 bits per heavy atom. The number of aryl methyl sites for hydroxylation is 1. The Hall–Kier alpha value is -0.550. The van der Waals surface area contributed by atoms with Crippen molar-refractivity contribution in [3.05, 3.63) is 21.9 Å². The number of hydrogen-bond acceptors (Lipinski definition) is 2. The zero-order chi connectivity index (χ0) is 14.8. The van der Waals surface area contributed by atoms with E-state index in [0.29, 0.717) is 18.8 Å². The highest BCUT2D eigenvalue weighted by molar-refractivity contribution is 7.10. The predicted octanol–water partition coefficient (Wildman–Crippen LogP) is 5.08. The summed E-state index contributed by atoms with van der Waals surface area (Å²) in [5.41, 5.74) is 1.24. The van der Waals surface area contributed by atoms with E-state index in [9.17, 15) is 13.2 Å². The van der Waals surface area contributed by atoms with Crippen LogP contribution in [0.15, 0.2) is 11.4 Å². The van der Waals surface area contributed by atoms with Crippen LogP contribution in [-0.2, 0) is 0 Å². The molecule has 20 heavy (non-hydrogen) atoms. The van der Waals surface area contributed by atoms with Gasteiger partial charge in [-0.1, -0.05) is 6.92 Å². The number of halogens is 3. The molecule has 1 nitrogen and oxygen atoms in total. The van der Waals surface area contributed by atoms with Crippen molar-refractivity contribution in [2.45, 2.75) is 51.7 Å². The van der Waals surface area contributed by atoms with Gasteiger partial charge >= 0.3 is 6.18 Å². The van der Waals surface area contributed by atoms with Crippen molar-refractivity contribution >= 4 is 11.3 Å². The molecule has 0 bridgehead atoms. The van der Waals surface area contributed by atoms with Crippen LogP contribution < -0.4 is 5.32 Å². The van der Waals surface area contributed by atoms with E-state index in [1.165, 1.54) is 10.4 Å². The van der Waals surface area contributed by atoms with E-state index in [4.69, 9.17) is 0 Å². The lowest BCUT2D eigenvalue weighted by Gasteiger charge is -2.34. The molecular formula is C15H22F3NS. The van der Waals surface area contributed by atoms with Gasteiger partial charge in [0.15, 0.2) is 0 Å². The van der Waals surface area contributed by atoms with Crippen molar-refractivity contribution in [3.8, 4) is 0 Å². The molecule has 0 aliphatic heterocycles. The molecule has 1 saturated carbocycles. The maximum Gasteiger partial charge on any atom is 0.391 e. The monoisotopic (exact) mass is 305 g/mol. The molecule has 0 saturated heterocycles. The van der Waals surface area contributed by atoms with Crippen LogP contribution in [0.3, 0.4) is 0 Å². The normalized spacial score (nSPS) is 25.6. The van der Waals surface area contributed by atoms with Crippen molar-refractivity contribution in [2.24, 2.45) is 11.8 Å². The maximum atomic E-state index is 12.7. The second kappa shape index (κ2) is 6.48. The minimum atomic E-state index is -4.02. The number of rotatable bonds is 4. The molecule has 1 heterocycles. The van der Waals surface area contributed by atoms with Crippen molar-refractivity contribution in [1.82, 2.24) is 5.32 Å². The smallest absolute Gasteiger partial charge is 0.310 e. The average Bonchev–Trinajstić information content (AvgIpc) is 2.81. The molecule has 1 atom stereocenters. The molecule has 0 spiro atoms. The first kappa shape index (κ1) is 15.8. The highest BCUT2D eigenvalue weighted by atomic mass is 32.1. The molecule has 1 aromatic rings. The lowest BCUT2D eigenvalue weighted by atomic mass is 9.77. The minimum absolute atomic E-state index is 0.208. The third-order valence-electron chi connectivity index (χ3n) is 4.24. The van der Waals surface area contributed by atoms with E-state index in [2.05, 4.69) is 23.7 Å². The molecule has 2 rings (SSSR count). The molecule has 1 fully saturated rings. The maximum absolute atomic E-state index is 12.7. The molecule has 1 N–H and O–H groups in total. The van der Waals surface area contributed by atoms with Gasteiger partial charge in [-0.05, 0) is 62.1 Å². The average molecular weight is 305 g/mol. The summed E-state index contributed by atoms with van der Waals surface area (Å²) in [6, 6.07) is 2.37. The van der Waals surface area contributed by atoms with Gasteiger partial charge in [-0.3, -0.25) is 0 Å². The Morgan fingerprint density at radius 2 is 1.95 bits per heavy atom. The van der Waals surface area contributed by atoms with E-state index in [0.717, 1.165) is 6.54 Å². The Kier molecular flexibility index (Phi) is 5.13. The van der Waals surface area contributed by atoms with Gasteiger partial charge in [0.05, 0.1) is 5.92 Å². The summed E-state index contributed by atoms with van der Waals surface area (Å²) in [4.78, 5) is 1.26. The summed E-state index contributed by atoms with van der Waals surface area (Å²) in [5.74, 6) is -0.771. The predicted molar refractivity (Wildman–Crippen MR) is 77.0 cm³/mol. The van der Waals surface area contributed by atoms with Gasteiger partial charge in [0, 0.05) is 10.9 Å². The van der Waals surface area contributed by atoms with Crippen LogP contribution in [0.1, 0.15) is 49.1 Å². The highest BCUT2D eigenvalue weighted by Crippen LogP contribution is 2.43. The van der Waals surface area contributed by atoms with Gasteiger partial charge in [0.2, 0.25) is 0 Å². The van der Waals surface area contributed by atoms with Crippen LogP contribution in [0, 0.1) is 18.8 Å². The van der Waals surface area contributed by atoms with Gasteiger partial charge in [0.1, 0.15) is 0 Å². The van der Waals surface area contributed by atoms with Crippen molar-refractivity contribution in [1.29, 1.82) is 0 Å². The van der Waals surface area contributed by atoms with Gasteiger partial charge in [0.25, 0.3) is 0 Å². The second-order valence-electron chi connectivity index (χ2n) is 5.68. The van der Waals surface area contributed by atoms with E-state index < -0.39 is 12.1 Å². The largest absolute Gasteiger partial charge is 0.391 e. The SMILES string of the molecule is CCNC(c1csc(C)c1)C1CCC(C(F)(F)F)CC1. The van der Waals surface area contributed by atoms with Crippen molar-refractivity contribution in [2.75, 3.05) is 6.54 Å². The number of nitrogens with one attached hydrogen (secondary N) is 1. The van der Waals surface area contributed by atoms with Gasteiger partial charge in [-0.25, -0.2) is 0 Å². The zero-order valence-corrected chi connectivity index (χ0v) is 12.8. The highest BCUT2D eigenvalue weighted by Gasteiger charge is 2.42. The molecule has 0 aromatic carbocycles. The third kappa shape index (κ3) is 3.76. The van der Waals surface area contributed by atoms with Crippen molar-refractivity contribution < 1.29 is 13.2 Å². The van der Waals surface area contributed by atoms with Crippen molar-refractivity contribution in [3.63, 3.8) is 0 Å². The molecule has 0 amide bonds. The Morgan fingerprint density at radius 3 is 2.40 bits per heavy atom. The fraction of sp³-hybridized carbons (Fsp3) is 0.733. The molecule has 0 radical (unpaired) electrons. The second-order valence-corrected chi connectivity index (χ2v) is 6.79. The lowest BCUT2D eigenvalue weighted by molar-refractivity contribution is -0.184. The minimum Gasteiger partial charge on any atom is -0.310 e. The van der Waals surface area contributed by atoms with Gasteiger partial charge in [-0.15, -0.1) is 11.3 Å². The van der Waals surface area contributed by atoms with E-state index in [-0.39, 0.29) is 18.9 Å². The summed E-state index contributed by atoms with van der Waals surface area (Å²) in [6.45, 7) is 4.96. The Labute approximate surface area is 122 Å². The van der Waals surface area contributed by atoms with Crippen LogP contribution in [-0.4, -0.2) is 12.7 Å². The fourth-order valence-corrected chi connectivity index (χ4v) is 3.92. The van der Waals surface area contributed by atoms with E-state index >= 15 is 0 Å². The third-order valence-corrected chi connectivity index (χ3v) is 5.12. The number of alkyl halides is 3. The van der Waals surface area contributed by atoms with E-state index in [1.54, 1.807) is 11.3 Å². The zero-order valence-electron chi connectivity index (χ0n) is 12.0. The summed E-state index contributed by atoms with van der Waals surface area (Å²) >= 11 is 1.71. The molecule has 114 valence electrons. The summed E-state index contributed by atoms with van der Waals surface area (Å²) in [5, 5.41) is 5.60. The molecule has 1 unspecified atom stereocenters. The first-order valence-electron chi connectivity index (χ1n) is 7.27. The quantitative estimate of drug-likeness (QED) is 0.818. The summed E-state index contributed by atoms with van der Waals surface area (Å²) in [6.07, 6.45) is -2.14. The molecule has 1 aromatic heterocycles. The van der Waals surface area contributed by atoms with Crippen LogP contribution in [0.5, 0.6) is 0 Å². The molecule has 1 aliphatic carbocycles. The molecule has 1 aliphatic rings. The fourth-order valence-electron chi connectivity index (χ4n) is 3.18. The summed E-state index contributed by atoms with van der Waals surface area (Å²) < 4.78 is 38.2. The lowest BCUT2D eigenvalue weighted by Crippen LogP contribution is -2.34. The topological polar surface area (TPSA) is 12.0 Å². The molecular weight excluding hydrogens is 283 g/mol. The summed E-state index contributed by atoms with van der Waals surface area (Å²) in [7, 11) is 0. The van der Waals surface area contributed by atoms with Crippen LogP contribution in [0.4, 0.5) is 13.2 Å². The first-order valence-corrected chi connectivity index (χ1v) is 8.15. The number of hydrogen-bond donors (Lipinski definition) is 1.